The van der Waals surface area contributed by atoms with Gasteiger partial charge in [0.2, 0.25) is 0 Å². The highest BCUT2D eigenvalue weighted by Crippen LogP contribution is 2.32. The van der Waals surface area contributed by atoms with Crippen LogP contribution in [-0.4, -0.2) is 54.2 Å². The molecule has 0 spiro atoms. The van der Waals surface area contributed by atoms with E-state index in [-0.39, 0.29) is 11.4 Å². The number of carbonyl (C=O) groups excluding carboxylic acids is 1. The lowest BCUT2D eigenvalue weighted by Gasteiger charge is -2.40. The Bertz CT molecular complexity index is 792. The monoisotopic (exact) mass is 361 g/mol. The number of morpholine rings is 1. The zero-order chi connectivity index (χ0) is 18.2. The number of carbonyl (C=O) groups is 1. The molecule has 0 aromatic carbocycles. The third kappa shape index (κ3) is 3.71. The van der Waals surface area contributed by atoms with Crippen LogP contribution < -0.4 is 5.32 Å². The quantitative estimate of drug-likeness (QED) is 0.909. The number of rotatable bonds is 4. The molecule has 5 nitrogen and oxygen atoms in total. The molecule has 2 aromatic heterocycles. The van der Waals surface area contributed by atoms with Gasteiger partial charge >= 0.3 is 0 Å². The molecule has 6 heteroatoms. The Morgan fingerprint density at radius 3 is 2.68 bits per heavy atom. The molecule has 1 saturated heterocycles. The first-order chi connectivity index (χ1) is 11.8. The number of pyridine rings is 1. The number of hydrogen-bond donors (Lipinski definition) is 1. The van der Waals surface area contributed by atoms with E-state index in [4.69, 9.17) is 4.74 Å². The fourth-order valence-electron chi connectivity index (χ4n) is 3.49. The van der Waals surface area contributed by atoms with Gasteiger partial charge in [-0.1, -0.05) is 0 Å². The smallest absolute Gasteiger partial charge is 0.261 e. The molecule has 1 aliphatic rings. The van der Waals surface area contributed by atoms with Crippen molar-refractivity contribution in [3.05, 3.63) is 27.8 Å². The van der Waals surface area contributed by atoms with Crippen molar-refractivity contribution >= 4 is 27.5 Å². The Morgan fingerprint density at radius 1 is 1.32 bits per heavy atom. The average molecular weight is 362 g/mol. The first kappa shape index (κ1) is 18.3. The standard InChI is InChI=1S/C19H27N3O2S/c1-12-10-13(2)21-18-15(12)14(3)16(25-18)17(23)20-11-19(4,5)22-6-8-24-9-7-22/h10H,6-9,11H2,1-5H3,(H,20,23). The lowest BCUT2D eigenvalue weighted by Crippen LogP contribution is -2.55. The molecule has 2 aromatic rings. The van der Waals surface area contributed by atoms with Crippen LogP contribution in [0.2, 0.25) is 0 Å². The fraction of sp³-hybridized carbons (Fsp3) is 0.579. The third-order valence-corrected chi connectivity index (χ3v) is 6.17. The fourth-order valence-corrected chi connectivity index (χ4v) is 4.71. The van der Waals surface area contributed by atoms with Crippen LogP contribution in [0, 0.1) is 20.8 Å². The predicted molar refractivity (Wildman–Crippen MR) is 103 cm³/mol. The Morgan fingerprint density at radius 2 is 2.00 bits per heavy atom. The summed E-state index contributed by atoms with van der Waals surface area (Å²) >= 11 is 1.49. The van der Waals surface area contributed by atoms with Crippen LogP contribution in [0.1, 0.15) is 40.3 Å². The second-order valence-corrected chi connectivity index (χ2v) is 8.41. The summed E-state index contributed by atoms with van der Waals surface area (Å²) in [7, 11) is 0. The Kier molecular flexibility index (Phi) is 5.14. The molecule has 1 N–H and O–H groups in total. The summed E-state index contributed by atoms with van der Waals surface area (Å²) in [6.45, 7) is 14.4. The summed E-state index contributed by atoms with van der Waals surface area (Å²) < 4.78 is 5.43. The number of thiophene rings is 1. The lowest BCUT2D eigenvalue weighted by atomic mass is 10.0. The molecule has 0 unspecified atom stereocenters. The Labute approximate surface area is 153 Å². The molecule has 1 fully saturated rings. The van der Waals surface area contributed by atoms with Gasteiger partial charge < -0.3 is 10.1 Å². The second kappa shape index (κ2) is 7.02. The SMILES string of the molecule is Cc1cc(C)c2c(C)c(C(=O)NCC(C)(C)N3CCOCC3)sc2n1. The summed E-state index contributed by atoms with van der Waals surface area (Å²) in [6, 6.07) is 2.07. The van der Waals surface area contributed by atoms with E-state index in [9.17, 15) is 4.79 Å². The summed E-state index contributed by atoms with van der Waals surface area (Å²) in [5.41, 5.74) is 3.12. The van der Waals surface area contributed by atoms with Gasteiger partial charge in [-0.15, -0.1) is 11.3 Å². The first-order valence-corrected chi connectivity index (χ1v) is 9.59. The molecule has 25 heavy (non-hydrogen) atoms. The maximum Gasteiger partial charge on any atom is 0.261 e. The maximum absolute atomic E-state index is 12.8. The highest BCUT2D eigenvalue weighted by molar-refractivity contribution is 7.20. The van der Waals surface area contributed by atoms with E-state index in [1.165, 1.54) is 16.9 Å². The topological polar surface area (TPSA) is 54.5 Å². The number of hydrogen-bond acceptors (Lipinski definition) is 5. The number of ether oxygens (including phenoxy) is 1. The average Bonchev–Trinajstić information content (AvgIpc) is 2.90. The minimum atomic E-state index is -0.0885. The molecule has 0 radical (unpaired) electrons. The molecule has 0 saturated carbocycles. The van der Waals surface area contributed by atoms with Crippen LogP contribution >= 0.6 is 11.3 Å². The van der Waals surface area contributed by atoms with E-state index < -0.39 is 0 Å². The normalized spacial score (nSPS) is 16.4. The molecule has 0 bridgehead atoms. The molecule has 136 valence electrons. The van der Waals surface area contributed by atoms with Crippen molar-refractivity contribution in [1.82, 2.24) is 15.2 Å². The number of fused-ring (bicyclic) bond motifs is 1. The molecule has 0 aliphatic carbocycles. The number of aryl methyl sites for hydroxylation is 3. The van der Waals surface area contributed by atoms with Crippen molar-refractivity contribution in [1.29, 1.82) is 0 Å². The Balaban J connectivity index is 1.76. The van der Waals surface area contributed by atoms with Crippen molar-refractivity contribution in [2.24, 2.45) is 0 Å². The number of amides is 1. The van der Waals surface area contributed by atoms with E-state index in [0.717, 1.165) is 52.7 Å². The van der Waals surface area contributed by atoms with Crippen molar-refractivity contribution in [3.63, 3.8) is 0 Å². The zero-order valence-electron chi connectivity index (χ0n) is 15.7. The van der Waals surface area contributed by atoms with Gasteiger partial charge in [-0.05, 0) is 51.8 Å². The van der Waals surface area contributed by atoms with Gasteiger partial charge in [-0.25, -0.2) is 4.98 Å². The van der Waals surface area contributed by atoms with E-state index in [0.29, 0.717) is 6.54 Å². The van der Waals surface area contributed by atoms with Crippen LogP contribution in [0.5, 0.6) is 0 Å². The van der Waals surface area contributed by atoms with Crippen molar-refractivity contribution < 1.29 is 9.53 Å². The molecule has 1 amide bonds. The Hall–Kier alpha value is -1.50. The van der Waals surface area contributed by atoms with Crippen LogP contribution in [-0.2, 0) is 4.74 Å². The molecular formula is C19H27N3O2S. The van der Waals surface area contributed by atoms with E-state index >= 15 is 0 Å². The van der Waals surface area contributed by atoms with Crippen LogP contribution in [0.4, 0.5) is 0 Å². The summed E-state index contributed by atoms with van der Waals surface area (Å²) in [6.07, 6.45) is 0. The third-order valence-electron chi connectivity index (χ3n) is 4.98. The van der Waals surface area contributed by atoms with Gasteiger partial charge in [0, 0.05) is 36.3 Å². The summed E-state index contributed by atoms with van der Waals surface area (Å²) in [5.74, 6) is -0.00103. The van der Waals surface area contributed by atoms with Crippen molar-refractivity contribution in [2.45, 2.75) is 40.2 Å². The van der Waals surface area contributed by atoms with Gasteiger partial charge in [0.15, 0.2) is 0 Å². The number of aromatic nitrogens is 1. The highest BCUT2D eigenvalue weighted by Gasteiger charge is 2.29. The van der Waals surface area contributed by atoms with E-state index in [1.807, 2.05) is 13.8 Å². The first-order valence-electron chi connectivity index (χ1n) is 8.78. The largest absolute Gasteiger partial charge is 0.379 e. The highest BCUT2D eigenvalue weighted by atomic mass is 32.1. The summed E-state index contributed by atoms with van der Waals surface area (Å²) in [4.78, 5) is 21.5. The molecule has 0 atom stereocenters. The van der Waals surface area contributed by atoms with Crippen LogP contribution in [0.3, 0.4) is 0 Å². The van der Waals surface area contributed by atoms with Gasteiger partial charge in [-0.2, -0.15) is 0 Å². The predicted octanol–water partition coefficient (Wildman–Crippen LogP) is 3.06. The molecule has 3 heterocycles. The second-order valence-electron chi connectivity index (χ2n) is 7.41. The molecular weight excluding hydrogens is 334 g/mol. The maximum atomic E-state index is 12.8. The minimum absolute atomic E-state index is 0.00103. The molecule has 1 aliphatic heterocycles. The number of nitrogens with zero attached hydrogens (tertiary/aromatic N) is 2. The van der Waals surface area contributed by atoms with Crippen LogP contribution in [0.25, 0.3) is 10.2 Å². The van der Waals surface area contributed by atoms with Crippen LogP contribution in [0.15, 0.2) is 6.07 Å². The molecule has 3 rings (SSSR count). The van der Waals surface area contributed by atoms with Crippen molar-refractivity contribution in [3.8, 4) is 0 Å². The van der Waals surface area contributed by atoms with Gasteiger partial charge in [-0.3, -0.25) is 9.69 Å². The van der Waals surface area contributed by atoms with Gasteiger partial charge in [0.05, 0.1) is 18.1 Å². The zero-order valence-corrected chi connectivity index (χ0v) is 16.5. The van der Waals surface area contributed by atoms with E-state index in [2.05, 4.69) is 42.0 Å². The van der Waals surface area contributed by atoms with E-state index in [1.54, 1.807) is 0 Å². The van der Waals surface area contributed by atoms with Gasteiger partial charge in [0.1, 0.15) is 4.83 Å². The van der Waals surface area contributed by atoms with Gasteiger partial charge in [0.25, 0.3) is 5.91 Å². The lowest BCUT2D eigenvalue weighted by molar-refractivity contribution is -0.00922. The summed E-state index contributed by atoms with van der Waals surface area (Å²) in [5, 5.41) is 4.25. The minimum Gasteiger partial charge on any atom is -0.379 e. The van der Waals surface area contributed by atoms with Crippen molar-refractivity contribution in [2.75, 3.05) is 32.8 Å². The number of nitrogens with one attached hydrogen (secondary N) is 1.